The van der Waals surface area contributed by atoms with E-state index in [0.29, 0.717) is 17.4 Å². The van der Waals surface area contributed by atoms with Crippen molar-refractivity contribution in [1.82, 2.24) is 5.32 Å². The molecule has 0 saturated heterocycles. The average molecular weight is 1020 g/mol. The number of phosphoric ester groups is 1. The van der Waals surface area contributed by atoms with E-state index in [-0.39, 0.29) is 31.5 Å². The maximum atomic E-state index is 13.5. The number of hydrogen-bond donors (Lipinski definition) is 2. The van der Waals surface area contributed by atoms with E-state index in [2.05, 4.69) is 50.4 Å². The lowest BCUT2D eigenvalue weighted by atomic mass is 10.0. The lowest BCUT2D eigenvalue weighted by Gasteiger charge is -2.27. The van der Waals surface area contributed by atoms with Crippen molar-refractivity contribution in [2.75, 3.05) is 40.9 Å². The number of allylic oxidation sites excluding steroid dienone is 5. The molecule has 1 amide bonds. The van der Waals surface area contributed by atoms with Crippen molar-refractivity contribution in [1.29, 1.82) is 0 Å². The lowest BCUT2D eigenvalue weighted by Crippen LogP contribution is -2.47. The Balaban J connectivity index is 5.32. The molecule has 0 aliphatic heterocycles. The van der Waals surface area contributed by atoms with Crippen LogP contribution in [0.1, 0.15) is 290 Å². The molecule has 0 aromatic heterocycles. The molecule has 3 atom stereocenters. The molecule has 0 aromatic rings. The highest BCUT2D eigenvalue weighted by molar-refractivity contribution is 7.47. The van der Waals surface area contributed by atoms with E-state index < -0.39 is 20.0 Å². The lowest BCUT2D eigenvalue weighted by molar-refractivity contribution is -0.870. The molecular weight excluding hydrogens is 904 g/mol. The zero-order valence-electron chi connectivity index (χ0n) is 47.7. The number of likely N-dealkylation sites (N-methyl/N-ethyl adjacent to an activating group) is 1. The van der Waals surface area contributed by atoms with Crippen molar-refractivity contribution in [3.05, 3.63) is 36.5 Å². The van der Waals surface area contributed by atoms with Crippen LogP contribution in [0.3, 0.4) is 0 Å². The van der Waals surface area contributed by atoms with E-state index in [9.17, 15) is 19.0 Å². The number of amides is 1. The van der Waals surface area contributed by atoms with Crippen LogP contribution in [0, 0.1) is 0 Å². The number of quaternary nitrogens is 1. The maximum Gasteiger partial charge on any atom is 0.472 e. The van der Waals surface area contributed by atoms with Crippen LogP contribution in [-0.2, 0) is 27.9 Å². The summed E-state index contributed by atoms with van der Waals surface area (Å²) in [4.78, 5) is 37.7. The van der Waals surface area contributed by atoms with E-state index in [4.69, 9.17) is 13.8 Å². The first-order valence-electron chi connectivity index (χ1n) is 30.3. The first-order valence-corrected chi connectivity index (χ1v) is 31.8. The third kappa shape index (κ3) is 52.9. The van der Waals surface area contributed by atoms with Gasteiger partial charge in [-0.05, 0) is 83.1 Å². The van der Waals surface area contributed by atoms with Crippen molar-refractivity contribution in [2.45, 2.75) is 303 Å². The quantitative estimate of drug-likeness (QED) is 0.0205. The minimum atomic E-state index is -4.44. The van der Waals surface area contributed by atoms with Crippen molar-refractivity contribution in [3.8, 4) is 0 Å². The topological polar surface area (TPSA) is 111 Å². The standard InChI is InChI=1S/C61H117N2O7P/c1-7-10-13-16-19-22-25-28-30-31-33-35-38-41-44-47-50-53-60(64)62-58(57-69-71(66,67)68-56-55-63(4,5)6)59(52-49-46-43-40-37-34-27-24-21-18-15-12-9-3)70-61(65)54-51-48-45-42-39-36-32-29-26-23-20-17-14-11-8-2/h23,26,28,30,49,52,58-59H,7-22,24-25,27,29,31-48,50-51,53-57H2,1-6H3,(H-,62,64,66,67)/p+1/b26-23-,30-28+,52-49+. The van der Waals surface area contributed by atoms with Crippen molar-refractivity contribution in [2.24, 2.45) is 0 Å². The molecule has 0 rings (SSSR count). The van der Waals surface area contributed by atoms with Gasteiger partial charge in [0, 0.05) is 12.8 Å². The number of nitrogens with zero attached hydrogens (tertiary/aromatic N) is 1. The van der Waals surface area contributed by atoms with Gasteiger partial charge in [-0.25, -0.2) is 4.57 Å². The van der Waals surface area contributed by atoms with Crippen LogP contribution in [0.4, 0.5) is 0 Å². The number of carbonyl (C=O) groups is 2. The summed E-state index contributed by atoms with van der Waals surface area (Å²) >= 11 is 0. The largest absolute Gasteiger partial charge is 0.472 e. The Morgan fingerprint density at radius 1 is 0.479 bits per heavy atom. The van der Waals surface area contributed by atoms with Crippen LogP contribution < -0.4 is 5.32 Å². The van der Waals surface area contributed by atoms with Gasteiger partial charge < -0.3 is 19.4 Å². The number of nitrogens with one attached hydrogen (secondary N) is 1. The number of esters is 1. The van der Waals surface area contributed by atoms with Crippen LogP contribution >= 0.6 is 7.82 Å². The van der Waals surface area contributed by atoms with Gasteiger partial charge in [-0.15, -0.1) is 0 Å². The van der Waals surface area contributed by atoms with Gasteiger partial charge >= 0.3 is 13.8 Å². The SMILES string of the molecule is CCCCCC/C=C\CCCCCCCCCC(=O)OC(/C=C/CCCCCCCCCCCCC)C(COP(=O)(O)OCC[N+](C)(C)C)NC(=O)CCCCCCCCC/C=C/CCCCCCCC. The molecule has 0 bridgehead atoms. The van der Waals surface area contributed by atoms with Crippen LogP contribution in [0.15, 0.2) is 36.5 Å². The van der Waals surface area contributed by atoms with Gasteiger partial charge in [0.15, 0.2) is 0 Å². The number of hydrogen-bond acceptors (Lipinski definition) is 6. The second-order valence-electron chi connectivity index (χ2n) is 21.9. The Bertz CT molecular complexity index is 1310. The summed E-state index contributed by atoms with van der Waals surface area (Å²) in [5.74, 6) is -0.506. The normalized spacial score (nSPS) is 14.0. The summed E-state index contributed by atoms with van der Waals surface area (Å²) in [6, 6.07) is -0.849. The molecule has 0 heterocycles. The Labute approximate surface area is 440 Å². The molecule has 0 aliphatic rings. The summed E-state index contributed by atoms with van der Waals surface area (Å²) in [5, 5.41) is 3.05. The van der Waals surface area contributed by atoms with Gasteiger partial charge in [0.25, 0.3) is 0 Å². The number of phosphoric acid groups is 1. The highest BCUT2D eigenvalue weighted by Gasteiger charge is 2.30. The van der Waals surface area contributed by atoms with Crippen LogP contribution in [0.25, 0.3) is 0 Å². The predicted molar refractivity (Wildman–Crippen MR) is 305 cm³/mol. The van der Waals surface area contributed by atoms with Gasteiger partial charge in [0.2, 0.25) is 5.91 Å². The smallest absolute Gasteiger partial charge is 0.456 e. The van der Waals surface area contributed by atoms with Gasteiger partial charge in [-0.2, -0.15) is 0 Å². The number of ether oxygens (including phenoxy) is 1. The number of carbonyl (C=O) groups excluding carboxylic acids is 2. The third-order valence-corrected chi connectivity index (χ3v) is 14.5. The van der Waals surface area contributed by atoms with Crippen LogP contribution in [-0.4, -0.2) is 74.3 Å². The first kappa shape index (κ1) is 69.2. The molecule has 71 heavy (non-hydrogen) atoms. The maximum absolute atomic E-state index is 13.5. The first-order chi connectivity index (χ1) is 34.4. The average Bonchev–Trinajstić information content (AvgIpc) is 3.33. The van der Waals surface area contributed by atoms with Crippen molar-refractivity contribution in [3.63, 3.8) is 0 Å². The highest BCUT2D eigenvalue weighted by atomic mass is 31.2. The van der Waals surface area contributed by atoms with Crippen molar-refractivity contribution < 1.29 is 37.3 Å². The van der Waals surface area contributed by atoms with Gasteiger partial charge in [-0.1, -0.05) is 231 Å². The Morgan fingerprint density at radius 2 is 0.817 bits per heavy atom. The van der Waals surface area contributed by atoms with Gasteiger partial charge in [0.05, 0.1) is 33.8 Å². The monoisotopic (exact) mass is 1020 g/mol. The van der Waals surface area contributed by atoms with Gasteiger partial charge in [-0.3, -0.25) is 18.6 Å². The molecule has 0 saturated carbocycles. The molecule has 9 nitrogen and oxygen atoms in total. The molecule has 0 radical (unpaired) electrons. The summed E-state index contributed by atoms with van der Waals surface area (Å²) < 4.78 is 30.7. The second-order valence-corrected chi connectivity index (χ2v) is 23.3. The fourth-order valence-electron chi connectivity index (χ4n) is 8.81. The molecule has 10 heteroatoms. The van der Waals surface area contributed by atoms with E-state index >= 15 is 0 Å². The number of unbranched alkanes of at least 4 members (excludes halogenated alkanes) is 35. The summed E-state index contributed by atoms with van der Waals surface area (Å²) in [7, 11) is 1.50. The molecule has 0 spiro atoms. The summed E-state index contributed by atoms with van der Waals surface area (Å²) in [6.45, 7) is 7.01. The predicted octanol–water partition coefficient (Wildman–Crippen LogP) is 18.3. The Hall–Kier alpha value is -1.77. The molecule has 3 unspecified atom stereocenters. The van der Waals surface area contributed by atoms with E-state index in [1.54, 1.807) is 0 Å². The highest BCUT2D eigenvalue weighted by Crippen LogP contribution is 2.43. The molecule has 2 N–H and O–H groups in total. The van der Waals surface area contributed by atoms with E-state index in [0.717, 1.165) is 64.2 Å². The third-order valence-electron chi connectivity index (χ3n) is 13.6. The summed E-state index contributed by atoms with van der Waals surface area (Å²) in [6.07, 6.45) is 61.3. The Morgan fingerprint density at radius 3 is 1.21 bits per heavy atom. The van der Waals surface area contributed by atoms with Gasteiger partial charge in [0.1, 0.15) is 19.3 Å². The van der Waals surface area contributed by atoms with E-state index in [1.165, 1.54) is 193 Å². The molecule has 0 fully saturated rings. The molecule has 0 aliphatic carbocycles. The van der Waals surface area contributed by atoms with Crippen molar-refractivity contribution >= 4 is 19.7 Å². The zero-order chi connectivity index (χ0) is 52.2. The number of rotatable bonds is 55. The summed E-state index contributed by atoms with van der Waals surface area (Å²) in [5.41, 5.74) is 0. The minimum Gasteiger partial charge on any atom is -0.456 e. The molecular formula is C61H118N2O7P+. The van der Waals surface area contributed by atoms with Crippen LogP contribution in [0.5, 0.6) is 0 Å². The molecule has 418 valence electrons. The molecule has 0 aromatic carbocycles. The van der Waals surface area contributed by atoms with E-state index in [1.807, 2.05) is 33.3 Å². The zero-order valence-corrected chi connectivity index (χ0v) is 48.6. The second kappa shape index (κ2) is 51.7. The fraction of sp³-hybridized carbons (Fsp3) is 0.869. The minimum absolute atomic E-state index is 0.0402. The van der Waals surface area contributed by atoms with Crippen LogP contribution in [0.2, 0.25) is 0 Å². The Kier molecular flexibility index (Phi) is 50.4. The fourth-order valence-corrected chi connectivity index (χ4v) is 9.55.